The van der Waals surface area contributed by atoms with Crippen LogP contribution in [0.4, 0.5) is 5.69 Å². The van der Waals surface area contributed by atoms with Crippen molar-refractivity contribution in [1.29, 1.82) is 0 Å². The molecule has 1 atom stereocenters. The van der Waals surface area contributed by atoms with Gasteiger partial charge in [-0.25, -0.2) is 13.1 Å². The molecule has 174 valence electrons. The van der Waals surface area contributed by atoms with E-state index in [0.29, 0.717) is 38.0 Å². The Morgan fingerprint density at radius 1 is 1.07 bits per heavy atom. The summed E-state index contributed by atoms with van der Waals surface area (Å²) in [5.74, 6) is -0.0918. The fourth-order valence-corrected chi connectivity index (χ4v) is 2.87. The van der Waals surface area contributed by atoms with Crippen LogP contribution in [0.25, 0.3) is 0 Å². The molecular weight excluding hydrogens is 390 g/mol. The molecule has 8 heteroatoms. The van der Waals surface area contributed by atoms with Crippen molar-refractivity contribution in [3.05, 3.63) is 29.8 Å². The van der Waals surface area contributed by atoms with Crippen LogP contribution in [0.5, 0.6) is 0 Å². The van der Waals surface area contributed by atoms with E-state index in [1.54, 1.807) is 26.0 Å². The Bertz CT molecular complexity index is 673. The highest BCUT2D eigenvalue weighted by atomic mass is 32.2. The highest BCUT2D eigenvalue weighted by Crippen LogP contribution is 2.18. The zero-order valence-electron chi connectivity index (χ0n) is 18.9. The highest BCUT2D eigenvalue weighted by Gasteiger charge is 2.17. The van der Waals surface area contributed by atoms with E-state index in [-0.39, 0.29) is 16.1 Å². The van der Waals surface area contributed by atoms with Crippen molar-refractivity contribution in [1.82, 2.24) is 10.0 Å². The van der Waals surface area contributed by atoms with Gasteiger partial charge in [-0.1, -0.05) is 46.8 Å². The number of sulfonamides is 1. The molecule has 1 aromatic rings. The fourth-order valence-electron chi connectivity index (χ4n) is 2.05. The summed E-state index contributed by atoms with van der Waals surface area (Å²) >= 11 is 0. The Morgan fingerprint density at radius 3 is 2.10 bits per heavy atom. The Morgan fingerprint density at radius 2 is 1.62 bits per heavy atom. The summed E-state index contributed by atoms with van der Waals surface area (Å²) in [5.41, 5.74) is 1.67. The number of anilines is 1. The van der Waals surface area contributed by atoms with Crippen molar-refractivity contribution in [3.63, 3.8) is 0 Å². The molecule has 0 aliphatic rings. The van der Waals surface area contributed by atoms with E-state index >= 15 is 0 Å². The second-order valence-corrected chi connectivity index (χ2v) is 8.51. The third kappa shape index (κ3) is 13.0. The van der Waals surface area contributed by atoms with Gasteiger partial charge < -0.3 is 10.6 Å². The van der Waals surface area contributed by atoms with Crippen LogP contribution in [-0.2, 0) is 19.6 Å². The maximum atomic E-state index is 11.8. The van der Waals surface area contributed by atoms with Crippen molar-refractivity contribution < 1.29 is 22.3 Å². The van der Waals surface area contributed by atoms with Gasteiger partial charge >= 0.3 is 0 Å². The molecule has 3 N–H and O–H groups in total. The van der Waals surface area contributed by atoms with Crippen LogP contribution in [0.2, 0.25) is 0 Å². The minimum Gasteiger partial charge on any atom is -0.359 e. The number of rotatable bonds is 11. The second-order valence-electron chi connectivity index (χ2n) is 6.19. The molecule has 0 heterocycles. The van der Waals surface area contributed by atoms with E-state index in [2.05, 4.69) is 15.4 Å². The lowest BCUT2D eigenvalue weighted by molar-refractivity contribution is -0.116. The minimum absolute atomic E-state index is 0. The lowest BCUT2D eigenvalue weighted by atomic mass is 10.0. The molecule has 0 saturated heterocycles. The largest absolute Gasteiger partial charge is 0.359 e. The number of hydrogen-bond acceptors (Lipinski definition) is 4. The molecule has 0 fully saturated rings. The first kappa shape index (κ1) is 29.3. The number of hydrogen-bond donors (Lipinski definition) is 3. The predicted molar refractivity (Wildman–Crippen MR) is 128 cm³/mol. The van der Waals surface area contributed by atoms with Gasteiger partial charge in [0.25, 0.3) is 0 Å². The van der Waals surface area contributed by atoms with Crippen LogP contribution in [0.15, 0.2) is 24.3 Å². The molecule has 1 aromatic carbocycles. The zero-order valence-corrected chi connectivity index (χ0v) is 19.7. The van der Waals surface area contributed by atoms with E-state index < -0.39 is 15.3 Å². The van der Waals surface area contributed by atoms with Crippen LogP contribution in [0, 0.1) is 0 Å². The Labute approximate surface area is 181 Å². The Balaban J connectivity index is -0.000000327. The van der Waals surface area contributed by atoms with Crippen LogP contribution in [0.3, 0.4) is 0 Å². The summed E-state index contributed by atoms with van der Waals surface area (Å²) < 4.78 is 26.2. The van der Waals surface area contributed by atoms with Crippen molar-refractivity contribution in [2.24, 2.45) is 0 Å². The Kier molecular flexibility index (Phi) is 17.1. The van der Waals surface area contributed by atoms with Gasteiger partial charge in [-0.3, -0.25) is 9.59 Å². The molecule has 0 aliphatic heterocycles. The van der Waals surface area contributed by atoms with Crippen LogP contribution in [0.1, 0.15) is 77.1 Å². The number of carbonyl (C=O) groups excluding carboxylic acids is 2. The summed E-state index contributed by atoms with van der Waals surface area (Å²) in [6.45, 7) is 14.0. The molecule has 2 amide bonds. The fraction of sp³-hybridized carbons (Fsp3) is 0.619. The summed E-state index contributed by atoms with van der Waals surface area (Å²) in [5, 5.41) is 4.84. The lowest BCUT2D eigenvalue weighted by Gasteiger charge is -2.15. The molecule has 0 aliphatic carbocycles. The van der Waals surface area contributed by atoms with Crippen molar-refractivity contribution in [3.8, 4) is 0 Å². The van der Waals surface area contributed by atoms with E-state index in [9.17, 15) is 18.0 Å². The predicted octanol–water partition coefficient (Wildman–Crippen LogP) is 4.37. The molecule has 0 radical (unpaired) electrons. The topological polar surface area (TPSA) is 104 Å². The quantitative estimate of drug-likeness (QED) is 0.354. The van der Waals surface area contributed by atoms with Gasteiger partial charge in [-0.2, -0.15) is 0 Å². The summed E-state index contributed by atoms with van der Waals surface area (Å²) in [4.78, 5) is 21.9. The lowest BCUT2D eigenvalue weighted by Crippen LogP contribution is -2.33. The van der Waals surface area contributed by atoms with Crippen LogP contribution in [-0.4, -0.2) is 39.1 Å². The first-order valence-electron chi connectivity index (χ1n) is 10.3. The van der Waals surface area contributed by atoms with E-state index in [1.807, 2.05) is 46.8 Å². The molecule has 0 aromatic heterocycles. The van der Waals surface area contributed by atoms with Crippen LogP contribution >= 0.6 is 0 Å². The standard InChI is InChI=1S/C17H27N3O4S.2C2H6.3H2/c1-13(2)25(23,24)19-11-14(3)15-6-8-16(9-7-15)20-17(22)5-4-10-18-12-21;2*1-2;;;/h6-9,12-14,19H,4-5,10-11H2,1-3H3,(H,18,21)(H,20,22);2*1-2H3;3*1H. The summed E-state index contributed by atoms with van der Waals surface area (Å²) in [6, 6.07) is 7.34. The average Bonchev–Trinajstić information content (AvgIpc) is 2.73. The van der Waals surface area contributed by atoms with Gasteiger partial charge in [0.1, 0.15) is 0 Å². The van der Waals surface area contributed by atoms with Crippen molar-refractivity contribution in [2.75, 3.05) is 18.4 Å². The summed E-state index contributed by atoms with van der Waals surface area (Å²) in [7, 11) is -3.27. The second kappa shape index (κ2) is 17.0. The molecule has 7 nitrogen and oxygen atoms in total. The van der Waals surface area contributed by atoms with Gasteiger partial charge in [0, 0.05) is 29.5 Å². The molecule has 0 spiro atoms. The number of nitrogens with one attached hydrogen (secondary N) is 3. The van der Waals surface area contributed by atoms with E-state index in [1.165, 1.54) is 0 Å². The molecule has 1 rings (SSSR count). The van der Waals surface area contributed by atoms with Gasteiger partial charge in [-0.15, -0.1) is 0 Å². The maximum Gasteiger partial charge on any atom is 0.224 e. The van der Waals surface area contributed by atoms with Gasteiger partial charge in [-0.05, 0) is 43.9 Å². The number of carbonyl (C=O) groups is 2. The van der Waals surface area contributed by atoms with Crippen LogP contribution < -0.4 is 15.4 Å². The first-order chi connectivity index (χ1) is 13.8. The average molecular weight is 436 g/mol. The van der Waals surface area contributed by atoms with Gasteiger partial charge in [0.2, 0.25) is 22.3 Å². The summed E-state index contributed by atoms with van der Waals surface area (Å²) in [6.07, 6.45) is 1.52. The number of benzene rings is 1. The number of amides is 2. The van der Waals surface area contributed by atoms with Crippen molar-refractivity contribution in [2.45, 2.75) is 72.5 Å². The monoisotopic (exact) mass is 435 g/mol. The third-order valence-electron chi connectivity index (χ3n) is 3.78. The molecule has 1 unspecified atom stereocenters. The molecule has 29 heavy (non-hydrogen) atoms. The highest BCUT2D eigenvalue weighted by molar-refractivity contribution is 7.90. The minimum atomic E-state index is -3.27. The van der Waals surface area contributed by atoms with E-state index in [0.717, 1.165) is 5.56 Å². The first-order valence-corrected chi connectivity index (χ1v) is 11.9. The smallest absolute Gasteiger partial charge is 0.224 e. The van der Waals surface area contributed by atoms with Crippen molar-refractivity contribution >= 4 is 28.0 Å². The molecule has 0 bridgehead atoms. The maximum absolute atomic E-state index is 11.8. The molecular formula is C21H45N3O4S. The normalized spacial score (nSPS) is 11.3. The van der Waals surface area contributed by atoms with Gasteiger partial charge in [0.15, 0.2) is 0 Å². The van der Waals surface area contributed by atoms with E-state index in [4.69, 9.17) is 0 Å². The molecule has 0 saturated carbocycles. The zero-order chi connectivity index (χ0) is 22.9. The Hall–Kier alpha value is -1.93. The SMILES string of the molecule is CC.CC.CC(CNS(=O)(=O)C(C)C)c1ccc(NC(=O)CCCNC=O)cc1.[HH].[HH].[HH]. The third-order valence-corrected chi connectivity index (χ3v) is 5.59. The van der Waals surface area contributed by atoms with Gasteiger partial charge in [0.05, 0.1) is 5.25 Å².